The Morgan fingerprint density at radius 2 is 1.93 bits per heavy atom. The van der Waals surface area contributed by atoms with Crippen LogP contribution in [0.1, 0.15) is 36.2 Å². The molecule has 0 saturated heterocycles. The number of carbonyl (C=O) groups is 2. The van der Waals surface area contributed by atoms with Crippen LogP contribution in [-0.2, 0) is 4.79 Å². The van der Waals surface area contributed by atoms with Crippen LogP contribution in [0.15, 0.2) is 47.6 Å². The van der Waals surface area contributed by atoms with Gasteiger partial charge >= 0.3 is 0 Å². The molecule has 2 aromatic rings. The normalized spacial score (nSPS) is 11.7. The van der Waals surface area contributed by atoms with E-state index < -0.39 is 11.9 Å². The Morgan fingerprint density at radius 1 is 1.21 bits per heavy atom. The quantitative estimate of drug-likeness (QED) is 0.483. The van der Waals surface area contributed by atoms with Crippen molar-refractivity contribution in [1.29, 1.82) is 0 Å². The van der Waals surface area contributed by atoms with Gasteiger partial charge in [0.25, 0.3) is 11.8 Å². The Kier molecular flexibility index (Phi) is 8.48. The van der Waals surface area contributed by atoms with Crippen molar-refractivity contribution in [3.63, 3.8) is 0 Å². The smallest absolute Gasteiger partial charge is 0.262 e. The summed E-state index contributed by atoms with van der Waals surface area (Å²) in [5.41, 5.74) is 3.47. The number of amides is 2. The minimum Gasteiger partial charge on any atom is -0.497 e. The second-order valence-electron chi connectivity index (χ2n) is 6.19. The van der Waals surface area contributed by atoms with E-state index in [9.17, 15) is 9.59 Å². The zero-order valence-corrected chi connectivity index (χ0v) is 17.3. The summed E-state index contributed by atoms with van der Waals surface area (Å²) < 4.78 is 10.7. The molecule has 29 heavy (non-hydrogen) atoms. The van der Waals surface area contributed by atoms with Gasteiger partial charge in [-0.2, -0.15) is 5.10 Å². The molecule has 0 bridgehead atoms. The Morgan fingerprint density at radius 3 is 2.59 bits per heavy atom. The molecule has 0 aromatic heterocycles. The Hall–Kier alpha value is -3.06. The molecular weight excluding hydrogens is 394 g/mol. The van der Waals surface area contributed by atoms with E-state index in [-0.39, 0.29) is 5.91 Å². The highest BCUT2D eigenvalue weighted by Gasteiger charge is 2.16. The van der Waals surface area contributed by atoms with Crippen molar-refractivity contribution in [2.75, 3.05) is 13.7 Å². The summed E-state index contributed by atoms with van der Waals surface area (Å²) in [6.45, 7) is 4.14. The molecule has 0 aliphatic heterocycles. The maximum atomic E-state index is 12.2. The van der Waals surface area contributed by atoms with Crippen molar-refractivity contribution >= 4 is 29.6 Å². The van der Waals surface area contributed by atoms with Crippen molar-refractivity contribution in [1.82, 2.24) is 10.7 Å². The summed E-state index contributed by atoms with van der Waals surface area (Å²) in [4.78, 5) is 24.4. The minimum atomic E-state index is -0.781. The number of rotatable bonds is 9. The highest BCUT2D eigenvalue weighted by molar-refractivity contribution is 6.30. The lowest BCUT2D eigenvalue weighted by Gasteiger charge is -2.12. The van der Waals surface area contributed by atoms with Crippen molar-refractivity contribution < 1.29 is 19.1 Å². The lowest BCUT2D eigenvalue weighted by molar-refractivity contribution is -0.122. The van der Waals surface area contributed by atoms with E-state index in [1.54, 1.807) is 56.5 Å². The van der Waals surface area contributed by atoms with Crippen LogP contribution in [0.2, 0.25) is 5.02 Å². The molecule has 0 heterocycles. The summed E-state index contributed by atoms with van der Waals surface area (Å²) in [7, 11) is 1.55. The molecule has 2 amide bonds. The highest BCUT2D eigenvalue weighted by atomic mass is 35.5. The first-order valence-electron chi connectivity index (χ1n) is 9.14. The molecule has 0 aliphatic carbocycles. The van der Waals surface area contributed by atoms with Gasteiger partial charge in [-0.25, -0.2) is 5.43 Å². The van der Waals surface area contributed by atoms with E-state index in [1.807, 2.05) is 6.92 Å². The monoisotopic (exact) mass is 417 g/mol. The van der Waals surface area contributed by atoms with Gasteiger partial charge in [0.1, 0.15) is 17.5 Å². The molecule has 2 rings (SSSR count). The molecule has 0 radical (unpaired) electrons. The third-order valence-corrected chi connectivity index (χ3v) is 4.14. The van der Waals surface area contributed by atoms with Crippen LogP contribution in [-0.4, -0.2) is 37.8 Å². The van der Waals surface area contributed by atoms with Gasteiger partial charge in [-0.3, -0.25) is 9.59 Å². The molecular formula is C21H24ClN3O4. The number of nitrogens with zero attached hydrogens (tertiary/aromatic N) is 1. The summed E-state index contributed by atoms with van der Waals surface area (Å²) in [5.74, 6) is 0.436. The molecule has 2 N–H and O–H groups in total. The molecule has 0 saturated carbocycles. The number of methoxy groups -OCH3 is 1. The van der Waals surface area contributed by atoms with Gasteiger partial charge in [-0.05, 0) is 55.8 Å². The molecule has 0 aliphatic rings. The lowest BCUT2D eigenvalue weighted by atomic mass is 10.2. The fraction of sp³-hybridized carbons (Fsp3) is 0.286. The molecule has 0 spiro atoms. The van der Waals surface area contributed by atoms with E-state index >= 15 is 0 Å². The number of hydrogen-bond acceptors (Lipinski definition) is 5. The number of benzene rings is 2. The van der Waals surface area contributed by atoms with Crippen LogP contribution < -0.4 is 20.2 Å². The lowest BCUT2D eigenvalue weighted by Crippen LogP contribution is -2.43. The standard InChI is InChI=1S/C21H24ClN3O4/c1-4-11-29-19-10-7-17(22)12-16(19)13-23-25-20(26)14(2)24-21(27)15-5-8-18(28-3)9-6-15/h5-10,12-14H,4,11H2,1-3H3,(H,24,27)(H,25,26). The first kappa shape index (κ1) is 22.2. The Bertz CT molecular complexity index is 869. The largest absolute Gasteiger partial charge is 0.497 e. The summed E-state index contributed by atoms with van der Waals surface area (Å²) in [5, 5.41) is 7.09. The summed E-state index contributed by atoms with van der Waals surface area (Å²) in [6.07, 6.45) is 2.31. The predicted octanol–water partition coefficient (Wildman–Crippen LogP) is 3.41. The third kappa shape index (κ3) is 6.80. The van der Waals surface area contributed by atoms with Gasteiger partial charge in [0.05, 0.1) is 19.9 Å². The van der Waals surface area contributed by atoms with Crippen LogP contribution in [0.4, 0.5) is 0 Å². The Labute approximate surface area is 175 Å². The first-order valence-corrected chi connectivity index (χ1v) is 9.52. The van der Waals surface area contributed by atoms with Crippen LogP contribution in [0.5, 0.6) is 11.5 Å². The van der Waals surface area contributed by atoms with E-state index in [0.29, 0.717) is 34.3 Å². The third-order valence-electron chi connectivity index (χ3n) is 3.90. The van der Waals surface area contributed by atoms with Gasteiger partial charge in [0.15, 0.2) is 0 Å². The molecule has 0 fully saturated rings. The zero-order chi connectivity index (χ0) is 21.2. The van der Waals surface area contributed by atoms with Crippen LogP contribution in [0.25, 0.3) is 0 Å². The van der Waals surface area contributed by atoms with Crippen molar-refractivity contribution in [2.45, 2.75) is 26.3 Å². The van der Waals surface area contributed by atoms with E-state index in [0.717, 1.165) is 6.42 Å². The van der Waals surface area contributed by atoms with Crippen molar-refractivity contribution in [3.05, 3.63) is 58.6 Å². The average Bonchev–Trinajstić information content (AvgIpc) is 2.73. The number of hydrogen-bond donors (Lipinski definition) is 2. The molecule has 2 aromatic carbocycles. The van der Waals surface area contributed by atoms with Crippen LogP contribution >= 0.6 is 11.6 Å². The predicted molar refractivity (Wildman–Crippen MR) is 113 cm³/mol. The van der Waals surface area contributed by atoms with Crippen LogP contribution in [0.3, 0.4) is 0 Å². The van der Waals surface area contributed by atoms with Crippen LogP contribution in [0, 0.1) is 0 Å². The maximum absolute atomic E-state index is 12.2. The molecule has 8 heteroatoms. The van der Waals surface area contributed by atoms with Crippen molar-refractivity contribution in [2.24, 2.45) is 5.10 Å². The van der Waals surface area contributed by atoms with Gasteiger partial charge in [-0.15, -0.1) is 0 Å². The molecule has 1 atom stereocenters. The second-order valence-corrected chi connectivity index (χ2v) is 6.62. The first-order chi connectivity index (χ1) is 13.9. The highest BCUT2D eigenvalue weighted by Crippen LogP contribution is 2.21. The van der Waals surface area contributed by atoms with Gasteiger partial charge in [0, 0.05) is 16.1 Å². The molecule has 1 unspecified atom stereocenters. The molecule has 154 valence electrons. The topological polar surface area (TPSA) is 89.0 Å². The average molecular weight is 418 g/mol. The SMILES string of the molecule is CCCOc1ccc(Cl)cc1C=NNC(=O)C(C)NC(=O)c1ccc(OC)cc1. The number of hydrazone groups is 1. The molecule has 7 nitrogen and oxygen atoms in total. The second kappa shape index (κ2) is 11.1. The van der Waals surface area contributed by atoms with Gasteiger partial charge in [0.2, 0.25) is 0 Å². The Balaban J connectivity index is 1.94. The fourth-order valence-corrected chi connectivity index (χ4v) is 2.49. The number of carbonyl (C=O) groups excluding carboxylic acids is 2. The summed E-state index contributed by atoms with van der Waals surface area (Å²) in [6, 6.07) is 11.0. The zero-order valence-electron chi connectivity index (χ0n) is 16.6. The fourth-order valence-electron chi connectivity index (χ4n) is 2.31. The van der Waals surface area contributed by atoms with E-state index in [2.05, 4.69) is 15.8 Å². The van der Waals surface area contributed by atoms with E-state index in [1.165, 1.54) is 6.21 Å². The number of ether oxygens (including phenoxy) is 2. The van der Waals surface area contributed by atoms with E-state index in [4.69, 9.17) is 21.1 Å². The maximum Gasteiger partial charge on any atom is 0.262 e. The number of halogens is 1. The number of nitrogens with one attached hydrogen (secondary N) is 2. The van der Waals surface area contributed by atoms with Gasteiger partial charge < -0.3 is 14.8 Å². The van der Waals surface area contributed by atoms with Gasteiger partial charge in [-0.1, -0.05) is 18.5 Å². The minimum absolute atomic E-state index is 0.371. The van der Waals surface area contributed by atoms with Crippen molar-refractivity contribution in [3.8, 4) is 11.5 Å². The summed E-state index contributed by atoms with van der Waals surface area (Å²) >= 11 is 6.02.